The predicted octanol–water partition coefficient (Wildman–Crippen LogP) is 4.14. The van der Waals surface area contributed by atoms with Crippen LogP contribution in [0.1, 0.15) is 35.6 Å². The van der Waals surface area contributed by atoms with Crippen LogP contribution < -0.4 is 5.63 Å². The highest BCUT2D eigenvalue weighted by molar-refractivity contribution is 5.84. The molecule has 0 radical (unpaired) electrons. The van der Waals surface area contributed by atoms with Gasteiger partial charge in [-0.15, -0.1) is 0 Å². The first-order chi connectivity index (χ1) is 12.1. The second kappa shape index (κ2) is 6.37. The Balaban J connectivity index is 1.73. The van der Waals surface area contributed by atoms with E-state index in [0.29, 0.717) is 23.7 Å². The van der Waals surface area contributed by atoms with Gasteiger partial charge in [0.2, 0.25) is 0 Å². The van der Waals surface area contributed by atoms with Crippen LogP contribution in [0.2, 0.25) is 0 Å². The van der Waals surface area contributed by atoms with Crippen LogP contribution in [-0.2, 0) is 6.54 Å². The highest BCUT2D eigenvalue weighted by Gasteiger charge is 2.26. The zero-order chi connectivity index (χ0) is 17.4. The van der Waals surface area contributed by atoms with E-state index in [4.69, 9.17) is 4.42 Å². The number of fused-ring (bicyclic) bond motifs is 1. The highest BCUT2D eigenvalue weighted by atomic mass is 16.4. The van der Waals surface area contributed by atoms with Crippen molar-refractivity contribution in [2.75, 3.05) is 6.54 Å². The summed E-state index contributed by atoms with van der Waals surface area (Å²) in [6, 6.07) is 16.0. The van der Waals surface area contributed by atoms with Crippen LogP contribution in [0.5, 0.6) is 5.75 Å². The van der Waals surface area contributed by atoms with Crippen molar-refractivity contribution in [3.63, 3.8) is 0 Å². The fourth-order valence-corrected chi connectivity index (χ4v) is 3.83. The van der Waals surface area contributed by atoms with E-state index in [-0.39, 0.29) is 11.4 Å². The van der Waals surface area contributed by atoms with Crippen LogP contribution in [-0.4, -0.2) is 16.6 Å². The van der Waals surface area contributed by atoms with E-state index in [2.05, 4.69) is 29.2 Å². The van der Waals surface area contributed by atoms with Crippen molar-refractivity contribution < 1.29 is 9.52 Å². The summed E-state index contributed by atoms with van der Waals surface area (Å²) in [5.74, 6) is 0.149. The SMILES string of the molecule is Cc1c(O)ccc2c(CN3CCC[C@H]3c3ccccc3)cc(=O)oc12. The van der Waals surface area contributed by atoms with Gasteiger partial charge < -0.3 is 9.52 Å². The third-order valence-corrected chi connectivity index (χ3v) is 5.14. The zero-order valence-corrected chi connectivity index (χ0v) is 14.2. The summed E-state index contributed by atoms with van der Waals surface area (Å²) in [6.45, 7) is 3.48. The summed E-state index contributed by atoms with van der Waals surface area (Å²) >= 11 is 0. The smallest absolute Gasteiger partial charge is 0.336 e. The number of nitrogens with zero attached hydrogens (tertiary/aromatic N) is 1. The normalized spacial score (nSPS) is 18.0. The van der Waals surface area contributed by atoms with Gasteiger partial charge in [0.15, 0.2) is 0 Å². The molecule has 1 N–H and O–H groups in total. The Bertz CT molecular complexity index is 962. The van der Waals surface area contributed by atoms with Crippen molar-refractivity contribution in [1.82, 2.24) is 4.90 Å². The van der Waals surface area contributed by atoms with Crippen LogP contribution in [0.15, 0.2) is 57.7 Å². The summed E-state index contributed by atoms with van der Waals surface area (Å²) in [4.78, 5) is 14.4. The van der Waals surface area contributed by atoms with Gasteiger partial charge in [-0.25, -0.2) is 4.79 Å². The van der Waals surface area contributed by atoms with Crippen molar-refractivity contribution in [2.24, 2.45) is 0 Å². The number of benzene rings is 2. The summed E-state index contributed by atoms with van der Waals surface area (Å²) in [5, 5.41) is 10.8. The maximum Gasteiger partial charge on any atom is 0.336 e. The lowest BCUT2D eigenvalue weighted by atomic mass is 10.0. The number of hydrogen-bond acceptors (Lipinski definition) is 4. The number of phenolic OH excluding ortho intramolecular Hbond substituents is 1. The molecule has 0 spiro atoms. The van der Waals surface area contributed by atoms with E-state index >= 15 is 0 Å². The molecular weight excluding hydrogens is 314 g/mol. The number of likely N-dealkylation sites (tertiary alicyclic amines) is 1. The number of hydrogen-bond donors (Lipinski definition) is 1. The molecule has 1 aliphatic rings. The fourth-order valence-electron chi connectivity index (χ4n) is 3.83. The average Bonchev–Trinajstić information content (AvgIpc) is 3.07. The molecule has 0 unspecified atom stereocenters. The van der Waals surface area contributed by atoms with Gasteiger partial charge in [0.05, 0.1) is 0 Å². The second-order valence-corrected chi connectivity index (χ2v) is 6.72. The van der Waals surface area contributed by atoms with Gasteiger partial charge in [-0.3, -0.25) is 4.90 Å². The topological polar surface area (TPSA) is 53.7 Å². The van der Waals surface area contributed by atoms with Gasteiger partial charge in [0.1, 0.15) is 11.3 Å². The average molecular weight is 335 g/mol. The molecular formula is C21H21NO3. The first-order valence-corrected chi connectivity index (χ1v) is 8.68. The number of aromatic hydroxyl groups is 1. The van der Waals surface area contributed by atoms with Gasteiger partial charge in [0.25, 0.3) is 0 Å². The van der Waals surface area contributed by atoms with Gasteiger partial charge in [-0.05, 0) is 49.6 Å². The number of phenols is 1. The molecule has 2 aromatic carbocycles. The Morgan fingerprint density at radius 1 is 1.20 bits per heavy atom. The molecule has 25 heavy (non-hydrogen) atoms. The van der Waals surface area contributed by atoms with Gasteiger partial charge in [0, 0.05) is 29.6 Å². The predicted molar refractivity (Wildman–Crippen MR) is 97.7 cm³/mol. The van der Waals surface area contributed by atoms with E-state index in [1.807, 2.05) is 12.1 Å². The van der Waals surface area contributed by atoms with Crippen molar-refractivity contribution in [3.8, 4) is 5.75 Å². The summed E-state index contributed by atoms with van der Waals surface area (Å²) < 4.78 is 5.36. The van der Waals surface area contributed by atoms with Gasteiger partial charge >= 0.3 is 5.63 Å². The first-order valence-electron chi connectivity index (χ1n) is 8.68. The lowest BCUT2D eigenvalue weighted by Crippen LogP contribution is -2.23. The standard InChI is InChI=1S/C21H21NO3/c1-14-19(23)10-9-17-16(12-20(24)25-21(14)17)13-22-11-5-8-18(22)15-6-3-2-4-7-15/h2-4,6-7,9-10,12,18,23H,5,8,11,13H2,1H3/t18-/m0/s1. The molecule has 4 nitrogen and oxygen atoms in total. The van der Waals surface area contributed by atoms with Crippen molar-refractivity contribution >= 4 is 11.0 Å². The van der Waals surface area contributed by atoms with Crippen molar-refractivity contribution in [1.29, 1.82) is 0 Å². The summed E-state index contributed by atoms with van der Waals surface area (Å²) in [5.41, 5.74) is 3.00. The zero-order valence-electron chi connectivity index (χ0n) is 14.2. The Kier molecular flexibility index (Phi) is 4.06. The Morgan fingerprint density at radius 2 is 2.00 bits per heavy atom. The molecule has 0 amide bonds. The first kappa shape index (κ1) is 15.9. The molecule has 128 valence electrons. The monoisotopic (exact) mass is 335 g/mol. The summed E-state index contributed by atoms with van der Waals surface area (Å²) in [7, 11) is 0. The highest BCUT2D eigenvalue weighted by Crippen LogP contribution is 2.34. The molecule has 1 aromatic heterocycles. The fraction of sp³-hybridized carbons (Fsp3) is 0.286. The largest absolute Gasteiger partial charge is 0.508 e. The number of rotatable bonds is 3. The molecule has 0 bridgehead atoms. The third-order valence-electron chi connectivity index (χ3n) is 5.14. The molecule has 2 heterocycles. The van der Waals surface area contributed by atoms with Gasteiger partial charge in [-0.1, -0.05) is 30.3 Å². The van der Waals surface area contributed by atoms with E-state index in [0.717, 1.165) is 30.3 Å². The number of aryl methyl sites for hydroxylation is 1. The van der Waals surface area contributed by atoms with Crippen LogP contribution in [0.4, 0.5) is 0 Å². The molecule has 4 heteroatoms. The molecule has 0 saturated carbocycles. The van der Waals surface area contributed by atoms with Crippen LogP contribution in [0.25, 0.3) is 11.0 Å². The lowest BCUT2D eigenvalue weighted by molar-refractivity contribution is 0.249. The Morgan fingerprint density at radius 3 is 2.80 bits per heavy atom. The minimum absolute atomic E-state index is 0.149. The van der Waals surface area contributed by atoms with E-state index in [1.165, 1.54) is 5.56 Å². The molecule has 3 aromatic rings. The second-order valence-electron chi connectivity index (χ2n) is 6.72. The molecule has 1 atom stereocenters. The van der Waals surface area contributed by atoms with E-state index in [9.17, 15) is 9.90 Å². The molecule has 1 fully saturated rings. The third kappa shape index (κ3) is 2.94. The minimum atomic E-state index is -0.369. The van der Waals surface area contributed by atoms with Crippen LogP contribution >= 0.6 is 0 Å². The molecule has 1 saturated heterocycles. The lowest BCUT2D eigenvalue weighted by Gasteiger charge is -2.25. The Hall–Kier alpha value is -2.59. The maximum atomic E-state index is 12.0. The van der Waals surface area contributed by atoms with Crippen molar-refractivity contribution in [3.05, 3.63) is 75.6 Å². The Labute approximate surface area is 146 Å². The minimum Gasteiger partial charge on any atom is -0.508 e. The van der Waals surface area contributed by atoms with Crippen LogP contribution in [0, 0.1) is 6.92 Å². The molecule has 4 rings (SSSR count). The molecule has 1 aliphatic heterocycles. The van der Waals surface area contributed by atoms with Crippen LogP contribution in [0.3, 0.4) is 0 Å². The molecule has 0 aliphatic carbocycles. The van der Waals surface area contributed by atoms with Gasteiger partial charge in [-0.2, -0.15) is 0 Å². The summed E-state index contributed by atoms with van der Waals surface area (Å²) in [6.07, 6.45) is 2.28. The van der Waals surface area contributed by atoms with E-state index in [1.54, 1.807) is 19.1 Å². The quantitative estimate of drug-likeness (QED) is 0.731. The van der Waals surface area contributed by atoms with Crippen molar-refractivity contribution in [2.45, 2.75) is 32.4 Å². The maximum absolute atomic E-state index is 12.0. The van der Waals surface area contributed by atoms with E-state index < -0.39 is 0 Å².